The number of halogens is 2. The average Bonchev–Trinajstić information content (AvgIpc) is 3.00. The number of carbonyl (C=O) groups is 1. The Hall–Kier alpha value is -1.40. The number of hydrogen-bond donors (Lipinski definition) is 2. The lowest BCUT2D eigenvalue weighted by Gasteiger charge is -2.19. The fourth-order valence-corrected chi connectivity index (χ4v) is 3.12. The van der Waals surface area contributed by atoms with Crippen LogP contribution < -0.4 is 11.1 Å². The largest absolute Gasteiger partial charge is 0.379 e. The third-order valence-electron chi connectivity index (χ3n) is 4.37. The van der Waals surface area contributed by atoms with E-state index in [1.807, 2.05) is 24.4 Å². The molecule has 3 N–H and O–H groups in total. The molecule has 138 valence electrons. The zero-order valence-corrected chi connectivity index (χ0v) is 15.7. The van der Waals surface area contributed by atoms with Crippen LogP contribution in [0.5, 0.6) is 0 Å². The van der Waals surface area contributed by atoms with E-state index in [2.05, 4.69) is 22.4 Å². The van der Waals surface area contributed by atoms with Crippen molar-refractivity contribution in [2.45, 2.75) is 25.3 Å². The number of nitrogens with zero attached hydrogens (tertiary/aromatic N) is 1. The molecule has 0 bridgehead atoms. The van der Waals surface area contributed by atoms with Gasteiger partial charge in [0.1, 0.15) is 0 Å². The quantitative estimate of drug-likeness (QED) is 0.800. The van der Waals surface area contributed by atoms with Crippen molar-refractivity contribution in [3.05, 3.63) is 42.1 Å². The van der Waals surface area contributed by atoms with Crippen molar-refractivity contribution in [2.24, 2.45) is 11.7 Å². The van der Waals surface area contributed by atoms with Crippen molar-refractivity contribution in [3.63, 3.8) is 0 Å². The van der Waals surface area contributed by atoms with Gasteiger partial charge in [0, 0.05) is 23.9 Å². The van der Waals surface area contributed by atoms with E-state index < -0.39 is 0 Å². The maximum Gasteiger partial charge on any atom is 0.220 e. The summed E-state index contributed by atoms with van der Waals surface area (Å²) in [6, 6.07) is 10.3. The lowest BCUT2D eigenvalue weighted by molar-refractivity contribution is -0.122. The van der Waals surface area contributed by atoms with Gasteiger partial charge in [0.25, 0.3) is 0 Å². The highest BCUT2D eigenvalue weighted by atomic mass is 35.5. The Morgan fingerprint density at radius 3 is 2.84 bits per heavy atom. The molecule has 1 fully saturated rings. The van der Waals surface area contributed by atoms with Crippen LogP contribution >= 0.6 is 24.8 Å². The van der Waals surface area contributed by atoms with Crippen molar-refractivity contribution in [1.82, 2.24) is 10.3 Å². The minimum absolute atomic E-state index is 0. The lowest BCUT2D eigenvalue weighted by Crippen LogP contribution is -2.40. The van der Waals surface area contributed by atoms with E-state index in [0.717, 1.165) is 18.4 Å². The SMILES string of the molecule is Cl.Cl.NCCCC(=O)N[C@@H]1COC[C@H]1Cc1ccnc2ccccc12. The normalized spacial score (nSPS) is 19.1. The molecule has 0 aliphatic carbocycles. The Morgan fingerprint density at radius 2 is 2.04 bits per heavy atom. The molecule has 0 radical (unpaired) electrons. The van der Waals surface area contributed by atoms with Gasteiger partial charge in [0.15, 0.2) is 0 Å². The number of nitrogens with two attached hydrogens (primary N) is 1. The number of aromatic nitrogens is 1. The first-order valence-electron chi connectivity index (χ1n) is 8.17. The zero-order chi connectivity index (χ0) is 16.1. The van der Waals surface area contributed by atoms with Gasteiger partial charge in [-0.1, -0.05) is 18.2 Å². The van der Waals surface area contributed by atoms with Crippen LogP contribution in [-0.2, 0) is 16.0 Å². The molecule has 1 aromatic carbocycles. The minimum Gasteiger partial charge on any atom is -0.379 e. The molecule has 1 aliphatic heterocycles. The van der Waals surface area contributed by atoms with E-state index in [-0.39, 0.29) is 36.8 Å². The number of para-hydroxylation sites is 1. The molecule has 1 aromatic heterocycles. The highest BCUT2D eigenvalue weighted by Crippen LogP contribution is 2.24. The van der Waals surface area contributed by atoms with Gasteiger partial charge in [-0.2, -0.15) is 0 Å². The zero-order valence-electron chi connectivity index (χ0n) is 14.0. The number of carbonyl (C=O) groups excluding carboxylic acids is 1. The smallest absolute Gasteiger partial charge is 0.220 e. The van der Waals surface area contributed by atoms with Crippen LogP contribution in [0.4, 0.5) is 0 Å². The summed E-state index contributed by atoms with van der Waals surface area (Å²) in [5.74, 6) is 0.359. The van der Waals surface area contributed by atoms with Crippen LogP contribution in [-0.4, -0.2) is 36.7 Å². The van der Waals surface area contributed by atoms with Crippen LogP contribution in [0.15, 0.2) is 36.5 Å². The lowest BCUT2D eigenvalue weighted by atomic mass is 9.93. The summed E-state index contributed by atoms with van der Waals surface area (Å²) >= 11 is 0. The van der Waals surface area contributed by atoms with E-state index in [1.54, 1.807) is 0 Å². The monoisotopic (exact) mass is 385 g/mol. The molecule has 1 amide bonds. The molecule has 2 heterocycles. The van der Waals surface area contributed by atoms with Gasteiger partial charge < -0.3 is 15.8 Å². The topological polar surface area (TPSA) is 77.2 Å². The maximum atomic E-state index is 11.9. The first-order chi connectivity index (χ1) is 11.3. The standard InChI is InChI=1S/C18H23N3O2.2ClH/c19-8-3-6-18(22)21-17-12-23-11-14(17)10-13-7-9-20-16-5-2-1-4-15(13)16;;/h1-2,4-5,7,9,14,17H,3,6,8,10-12,19H2,(H,21,22);2*1H/t14-,17-;;/m1../s1. The van der Waals surface area contributed by atoms with E-state index >= 15 is 0 Å². The van der Waals surface area contributed by atoms with E-state index in [1.165, 1.54) is 10.9 Å². The molecule has 2 aromatic rings. The Kier molecular flexibility index (Phi) is 9.14. The molecule has 2 atom stereocenters. The third kappa shape index (κ3) is 5.54. The van der Waals surface area contributed by atoms with E-state index in [9.17, 15) is 4.79 Å². The molecule has 7 heteroatoms. The van der Waals surface area contributed by atoms with Crippen LogP contribution in [0.1, 0.15) is 18.4 Å². The number of amides is 1. The highest BCUT2D eigenvalue weighted by molar-refractivity contribution is 5.85. The van der Waals surface area contributed by atoms with Gasteiger partial charge >= 0.3 is 0 Å². The van der Waals surface area contributed by atoms with Crippen LogP contribution in [0.3, 0.4) is 0 Å². The summed E-state index contributed by atoms with van der Waals surface area (Å²) in [7, 11) is 0. The van der Waals surface area contributed by atoms with Crippen molar-refractivity contribution in [3.8, 4) is 0 Å². The summed E-state index contributed by atoms with van der Waals surface area (Å²) in [5, 5.41) is 4.27. The molecule has 1 saturated heterocycles. The molecule has 25 heavy (non-hydrogen) atoms. The van der Waals surface area contributed by atoms with Gasteiger partial charge in [-0.05, 0) is 37.1 Å². The van der Waals surface area contributed by atoms with Gasteiger partial charge in [-0.25, -0.2) is 0 Å². The Labute approximate surface area is 160 Å². The number of fused-ring (bicyclic) bond motifs is 1. The fourth-order valence-electron chi connectivity index (χ4n) is 3.12. The molecule has 1 aliphatic rings. The van der Waals surface area contributed by atoms with Crippen molar-refractivity contribution >= 4 is 41.6 Å². The van der Waals surface area contributed by atoms with Crippen molar-refractivity contribution in [1.29, 1.82) is 0 Å². The van der Waals surface area contributed by atoms with Gasteiger partial charge in [-0.15, -0.1) is 24.8 Å². The van der Waals surface area contributed by atoms with Gasteiger partial charge in [0.2, 0.25) is 5.91 Å². The first kappa shape index (κ1) is 21.6. The maximum absolute atomic E-state index is 11.9. The Morgan fingerprint density at radius 1 is 1.24 bits per heavy atom. The molecule has 0 spiro atoms. The van der Waals surface area contributed by atoms with Gasteiger partial charge in [-0.3, -0.25) is 9.78 Å². The Balaban J connectivity index is 0.00000156. The molecule has 0 unspecified atom stereocenters. The van der Waals surface area contributed by atoms with Crippen molar-refractivity contribution < 1.29 is 9.53 Å². The first-order valence-corrected chi connectivity index (χ1v) is 8.17. The third-order valence-corrected chi connectivity index (χ3v) is 4.37. The number of nitrogens with one attached hydrogen (secondary N) is 1. The minimum atomic E-state index is 0. The summed E-state index contributed by atoms with van der Waals surface area (Å²) < 4.78 is 5.60. The summed E-state index contributed by atoms with van der Waals surface area (Å²) in [6.07, 6.45) is 3.93. The average molecular weight is 386 g/mol. The Bertz CT molecular complexity index is 679. The van der Waals surface area contributed by atoms with Crippen LogP contribution in [0.25, 0.3) is 10.9 Å². The second-order valence-corrected chi connectivity index (χ2v) is 6.06. The van der Waals surface area contributed by atoms with Crippen LogP contribution in [0.2, 0.25) is 0 Å². The summed E-state index contributed by atoms with van der Waals surface area (Å²) in [6.45, 7) is 1.81. The number of ether oxygens (including phenoxy) is 1. The molecular weight excluding hydrogens is 361 g/mol. The highest BCUT2D eigenvalue weighted by Gasteiger charge is 2.29. The van der Waals surface area contributed by atoms with E-state index in [0.29, 0.717) is 32.1 Å². The molecule has 0 saturated carbocycles. The molecule has 5 nitrogen and oxygen atoms in total. The number of hydrogen-bond acceptors (Lipinski definition) is 4. The predicted octanol–water partition coefficient (Wildman–Crippen LogP) is 2.49. The van der Waals surface area contributed by atoms with Crippen molar-refractivity contribution in [2.75, 3.05) is 19.8 Å². The molecular formula is C18H25Cl2N3O2. The summed E-state index contributed by atoms with van der Waals surface area (Å²) in [4.78, 5) is 16.3. The fraction of sp³-hybridized carbons (Fsp3) is 0.444. The molecule has 3 rings (SSSR count). The second kappa shape index (κ2) is 10.6. The van der Waals surface area contributed by atoms with Gasteiger partial charge in [0.05, 0.1) is 24.8 Å². The predicted molar refractivity (Wildman–Crippen MR) is 104 cm³/mol. The number of pyridine rings is 1. The number of rotatable bonds is 6. The summed E-state index contributed by atoms with van der Waals surface area (Å²) in [5.41, 5.74) is 7.72. The van der Waals surface area contributed by atoms with E-state index in [4.69, 9.17) is 10.5 Å². The second-order valence-electron chi connectivity index (χ2n) is 6.06. The van der Waals surface area contributed by atoms with Crippen LogP contribution in [0, 0.1) is 5.92 Å². The number of benzene rings is 1.